The summed E-state index contributed by atoms with van der Waals surface area (Å²) < 4.78 is 48.2. The quantitative estimate of drug-likeness (QED) is 0.0925. The van der Waals surface area contributed by atoms with Crippen LogP contribution in [-0.4, -0.2) is 71.8 Å². The van der Waals surface area contributed by atoms with Gasteiger partial charge in [0.15, 0.2) is 6.10 Å². The minimum atomic E-state index is -1.87. The summed E-state index contributed by atoms with van der Waals surface area (Å²) in [6.07, 6.45) is -2.73. The van der Waals surface area contributed by atoms with Crippen LogP contribution >= 0.6 is 11.6 Å². The number of aliphatic hydroxyl groups is 1. The van der Waals surface area contributed by atoms with Crippen LogP contribution in [0.2, 0.25) is 5.02 Å². The van der Waals surface area contributed by atoms with Gasteiger partial charge < -0.3 is 29.2 Å². The molecule has 13 nitrogen and oxygen atoms in total. The van der Waals surface area contributed by atoms with Gasteiger partial charge in [0.1, 0.15) is 23.4 Å². The highest BCUT2D eigenvalue weighted by Gasteiger charge is 2.28. The molecule has 1 aromatic heterocycles. The number of nitrogens with zero attached hydrogens (tertiary/aromatic N) is 2. The minimum Gasteiger partial charge on any atom is -0.453 e. The first-order valence-electron chi connectivity index (χ1n) is 15.0. The molecule has 4 aromatic rings. The van der Waals surface area contributed by atoms with Crippen molar-refractivity contribution in [2.24, 2.45) is 5.92 Å². The number of rotatable bonds is 14. The number of aromatic nitrogens is 1. The number of hydrogen-bond donors (Lipinski definition) is 3. The predicted molar refractivity (Wildman–Crippen MR) is 174 cm³/mol. The van der Waals surface area contributed by atoms with Crippen molar-refractivity contribution in [2.45, 2.75) is 32.5 Å². The van der Waals surface area contributed by atoms with Gasteiger partial charge in [-0.05, 0) is 47.4 Å². The van der Waals surface area contributed by atoms with Crippen LogP contribution in [0.4, 0.5) is 13.6 Å². The first-order chi connectivity index (χ1) is 23.9. The lowest BCUT2D eigenvalue weighted by molar-refractivity contribution is -0.175. The zero-order chi connectivity index (χ0) is 36.4. The van der Waals surface area contributed by atoms with E-state index in [0.29, 0.717) is 16.1 Å². The van der Waals surface area contributed by atoms with Crippen molar-refractivity contribution in [1.82, 2.24) is 20.9 Å². The molecule has 16 heteroatoms. The summed E-state index contributed by atoms with van der Waals surface area (Å²) in [6.45, 7) is 1.78. The number of amides is 2. The van der Waals surface area contributed by atoms with E-state index in [0.717, 1.165) is 7.11 Å². The summed E-state index contributed by atoms with van der Waals surface area (Å²) in [4.78, 5) is 49.8. The van der Waals surface area contributed by atoms with Crippen molar-refractivity contribution in [3.05, 3.63) is 101 Å². The van der Waals surface area contributed by atoms with E-state index in [2.05, 4.69) is 20.6 Å². The molecule has 0 bridgehead atoms. The lowest BCUT2D eigenvalue weighted by Crippen LogP contribution is -2.48. The van der Waals surface area contributed by atoms with E-state index < -0.39 is 67.0 Å². The van der Waals surface area contributed by atoms with Gasteiger partial charge in [-0.2, -0.15) is 0 Å². The van der Waals surface area contributed by atoms with Crippen LogP contribution in [0, 0.1) is 17.6 Å². The number of hydrogen-bond acceptors (Lipinski definition) is 11. The summed E-state index contributed by atoms with van der Waals surface area (Å²) >= 11 is 6.03. The van der Waals surface area contributed by atoms with Crippen LogP contribution in [0.5, 0.6) is 0 Å². The number of carbonyl (C=O) groups is 4. The highest BCUT2D eigenvalue weighted by molar-refractivity contribution is 6.30. The fraction of sp³-hybridized carbons (Fsp3) is 0.265. The molecule has 3 aromatic carbocycles. The molecule has 0 aliphatic heterocycles. The van der Waals surface area contributed by atoms with E-state index in [1.165, 1.54) is 47.5 Å². The average molecular weight is 715 g/mol. The lowest BCUT2D eigenvalue weighted by atomic mass is 10.0. The Balaban J connectivity index is 1.46. The summed E-state index contributed by atoms with van der Waals surface area (Å²) in [6, 6.07) is 16.5. The molecule has 0 saturated heterocycles. The SMILES string of the molecule is COC(=O)NC(C(=O)OCOC(=O)C(O)CN(Cc1ccc(-c2cc(Cl)ccc2F)cc1)NC(=O)c1cc(-c2ccccc2F)no1)C(C)C. The number of nitrogens with one attached hydrogen (secondary N) is 2. The molecule has 0 spiro atoms. The van der Waals surface area contributed by atoms with Gasteiger partial charge in [0, 0.05) is 28.8 Å². The number of esters is 2. The Morgan fingerprint density at radius 2 is 1.62 bits per heavy atom. The number of benzene rings is 3. The Morgan fingerprint density at radius 3 is 2.30 bits per heavy atom. The number of methoxy groups -OCH3 is 1. The molecule has 4 rings (SSSR count). The number of ether oxygens (including phenoxy) is 3. The average Bonchev–Trinajstić information content (AvgIpc) is 3.59. The Morgan fingerprint density at radius 1 is 0.940 bits per heavy atom. The Hall–Kier alpha value is -5.38. The lowest BCUT2D eigenvalue weighted by Gasteiger charge is -2.25. The molecule has 0 saturated carbocycles. The molecule has 50 heavy (non-hydrogen) atoms. The zero-order valence-electron chi connectivity index (χ0n) is 27.0. The van der Waals surface area contributed by atoms with E-state index in [9.17, 15) is 33.1 Å². The standard InChI is InChI=1S/C34H33ClF2N4O9/c1-19(2)30(38-34(46)47-3)33(45)49-18-48-32(44)28(42)17-41(16-20-8-10-21(11-9-20)24-14-22(35)12-13-26(24)37)39-31(43)29-15-27(40-50-29)23-6-4-5-7-25(23)36/h4-15,19,28,30,42H,16-18H2,1-3H3,(H,38,46)(H,39,43). The molecule has 0 fully saturated rings. The van der Waals surface area contributed by atoms with E-state index in [4.69, 9.17) is 25.6 Å². The summed E-state index contributed by atoms with van der Waals surface area (Å²) in [7, 11) is 1.12. The van der Waals surface area contributed by atoms with Crippen molar-refractivity contribution in [2.75, 3.05) is 20.4 Å². The maximum Gasteiger partial charge on any atom is 0.407 e. The van der Waals surface area contributed by atoms with Crippen LogP contribution in [-0.2, 0) is 30.3 Å². The highest BCUT2D eigenvalue weighted by atomic mass is 35.5. The molecular formula is C34H33ClF2N4O9. The monoisotopic (exact) mass is 714 g/mol. The molecule has 1 heterocycles. The molecule has 264 valence electrons. The molecule has 0 aliphatic rings. The van der Waals surface area contributed by atoms with Crippen molar-refractivity contribution >= 4 is 35.5 Å². The second-order valence-electron chi connectivity index (χ2n) is 11.1. The van der Waals surface area contributed by atoms with Gasteiger partial charge in [0.2, 0.25) is 12.6 Å². The second kappa shape index (κ2) is 17.3. The third-order valence-electron chi connectivity index (χ3n) is 7.16. The van der Waals surface area contributed by atoms with Crippen molar-refractivity contribution < 1.29 is 51.8 Å². The summed E-state index contributed by atoms with van der Waals surface area (Å²) in [5.41, 5.74) is 4.03. The van der Waals surface area contributed by atoms with Gasteiger partial charge in [0.25, 0.3) is 0 Å². The zero-order valence-corrected chi connectivity index (χ0v) is 27.8. The van der Waals surface area contributed by atoms with Gasteiger partial charge in [-0.15, -0.1) is 0 Å². The first kappa shape index (κ1) is 37.4. The molecule has 2 unspecified atom stereocenters. The maximum absolute atomic E-state index is 14.4. The summed E-state index contributed by atoms with van der Waals surface area (Å²) in [5.74, 6) is -4.72. The molecule has 2 atom stereocenters. The Labute approximate surface area is 290 Å². The van der Waals surface area contributed by atoms with E-state index >= 15 is 0 Å². The predicted octanol–water partition coefficient (Wildman–Crippen LogP) is 4.87. The van der Waals surface area contributed by atoms with E-state index in [1.54, 1.807) is 44.2 Å². The van der Waals surface area contributed by atoms with Crippen LogP contribution in [0.3, 0.4) is 0 Å². The second-order valence-corrected chi connectivity index (χ2v) is 11.6. The van der Waals surface area contributed by atoms with Crippen molar-refractivity contribution in [1.29, 1.82) is 0 Å². The largest absolute Gasteiger partial charge is 0.453 e. The third kappa shape index (κ3) is 10.1. The van der Waals surface area contributed by atoms with Gasteiger partial charge in [0.05, 0.1) is 13.7 Å². The molecule has 2 amide bonds. The number of aliphatic hydroxyl groups excluding tert-OH is 1. The van der Waals surface area contributed by atoms with Crippen molar-refractivity contribution in [3.63, 3.8) is 0 Å². The van der Waals surface area contributed by atoms with Gasteiger partial charge in [-0.25, -0.2) is 28.2 Å². The molecule has 0 aliphatic carbocycles. The minimum absolute atomic E-state index is 0.0586. The van der Waals surface area contributed by atoms with Crippen LogP contribution in [0.1, 0.15) is 30.0 Å². The normalized spacial score (nSPS) is 12.3. The number of alkyl carbamates (subject to hydrolysis) is 1. The summed E-state index contributed by atoms with van der Waals surface area (Å²) in [5, 5.41) is 18.3. The van der Waals surface area contributed by atoms with Gasteiger partial charge >= 0.3 is 23.9 Å². The fourth-order valence-electron chi connectivity index (χ4n) is 4.55. The van der Waals surface area contributed by atoms with Crippen molar-refractivity contribution in [3.8, 4) is 22.4 Å². The number of hydrazine groups is 1. The highest BCUT2D eigenvalue weighted by Crippen LogP contribution is 2.27. The van der Waals surface area contributed by atoms with E-state index in [1.807, 2.05) is 0 Å². The van der Waals surface area contributed by atoms with Crippen LogP contribution < -0.4 is 10.7 Å². The van der Waals surface area contributed by atoms with Crippen LogP contribution in [0.25, 0.3) is 22.4 Å². The fourth-order valence-corrected chi connectivity index (χ4v) is 4.73. The topological polar surface area (TPSA) is 170 Å². The van der Waals surface area contributed by atoms with E-state index in [-0.39, 0.29) is 29.1 Å². The Bertz CT molecular complexity index is 1820. The Kier molecular flexibility index (Phi) is 13.0. The smallest absolute Gasteiger partial charge is 0.407 e. The molecule has 3 N–H and O–H groups in total. The number of carbonyl (C=O) groups excluding carboxylic acids is 4. The molecular weight excluding hydrogens is 682 g/mol. The van der Waals surface area contributed by atoms with Gasteiger partial charge in [-0.1, -0.05) is 67.0 Å². The third-order valence-corrected chi connectivity index (χ3v) is 7.39. The van der Waals surface area contributed by atoms with Gasteiger partial charge in [-0.3, -0.25) is 10.2 Å². The number of halogens is 3. The maximum atomic E-state index is 14.4. The first-order valence-corrected chi connectivity index (χ1v) is 15.4. The molecule has 0 radical (unpaired) electrons. The van der Waals surface area contributed by atoms with Crippen LogP contribution in [0.15, 0.2) is 77.3 Å².